The van der Waals surface area contributed by atoms with Crippen LogP contribution in [0.15, 0.2) is 12.4 Å². The Morgan fingerprint density at radius 2 is 2.14 bits per heavy atom. The Morgan fingerprint density at radius 3 is 2.81 bits per heavy atom. The van der Waals surface area contributed by atoms with Gasteiger partial charge in [-0.2, -0.15) is 0 Å². The van der Waals surface area contributed by atoms with E-state index in [-0.39, 0.29) is 0 Å². The Labute approximate surface area is 127 Å². The lowest BCUT2D eigenvalue weighted by Gasteiger charge is -2.25. The number of ether oxygens (including phenoxy) is 1. The van der Waals surface area contributed by atoms with Crippen LogP contribution in [0, 0.1) is 5.92 Å². The lowest BCUT2D eigenvalue weighted by molar-refractivity contribution is 0.112. The van der Waals surface area contributed by atoms with Gasteiger partial charge < -0.3 is 15.0 Å². The van der Waals surface area contributed by atoms with Gasteiger partial charge in [-0.15, -0.1) is 0 Å². The maximum atomic E-state index is 5.72. The molecule has 1 fully saturated rings. The van der Waals surface area contributed by atoms with Gasteiger partial charge in [0.1, 0.15) is 0 Å². The molecule has 1 unspecified atom stereocenters. The van der Waals surface area contributed by atoms with Gasteiger partial charge in [-0.3, -0.25) is 4.90 Å². The van der Waals surface area contributed by atoms with E-state index in [1.807, 2.05) is 19.3 Å². The van der Waals surface area contributed by atoms with Crippen molar-refractivity contribution in [3.63, 3.8) is 0 Å². The lowest BCUT2D eigenvalue weighted by atomic mass is 10.1. The Balaban J connectivity index is 1.90. The minimum absolute atomic E-state index is 0.560. The van der Waals surface area contributed by atoms with Crippen LogP contribution in [0.2, 0.25) is 0 Å². The second-order valence-corrected chi connectivity index (χ2v) is 5.88. The van der Waals surface area contributed by atoms with Crippen LogP contribution in [0.25, 0.3) is 0 Å². The molecular formula is C15H27N5O. The first kappa shape index (κ1) is 16.1. The van der Waals surface area contributed by atoms with Crippen molar-refractivity contribution in [3.05, 3.63) is 18.0 Å². The first-order chi connectivity index (χ1) is 10.2. The van der Waals surface area contributed by atoms with E-state index in [1.54, 1.807) is 0 Å². The lowest BCUT2D eigenvalue weighted by Crippen LogP contribution is -2.34. The number of nitrogens with zero attached hydrogens (tertiary/aromatic N) is 4. The summed E-state index contributed by atoms with van der Waals surface area (Å²) < 4.78 is 5.72. The smallest absolute Gasteiger partial charge is 0.222 e. The molecule has 0 bridgehead atoms. The summed E-state index contributed by atoms with van der Waals surface area (Å²) in [6, 6.07) is 0. The average molecular weight is 293 g/mol. The van der Waals surface area contributed by atoms with Gasteiger partial charge in [0.2, 0.25) is 5.95 Å². The molecular weight excluding hydrogens is 266 g/mol. The van der Waals surface area contributed by atoms with E-state index in [2.05, 4.69) is 39.2 Å². The third-order valence-corrected chi connectivity index (χ3v) is 3.49. The van der Waals surface area contributed by atoms with Crippen LogP contribution in [-0.2, 0) is 11.3 Å². The first-order valence-corrected chi connectivity index (χ1v) is 7.67. The number of hydrogen-bond acceptors (Lipinski definition) is 6. The highest BCUT2D eigenvalue weighted by molar-refractivity contribution is 5.24. The zero-order chi connectivity index (χ0) is 15.1. The van der Waals surface area contributed by atoms with E-state index in [0.29, 0.717) is 11.9 Å². The van der Waals surface area contributed by atoms with Crippen molar-refractivity contribution in [3.8, 4) is 0 Å². The summed E-state index contributed by atoms with van der Waals surface area (Å²) in [5, 5.41) is 3.12. The van der Waals surface area contributed by atoms with Crippen molar-refractivity contribution in [1.82, 2.24) is 19.8 Å². The summed E-state index contributed by atoms with van der Waals surface area (Å²) in [5.74, 6) is 1.26. The Morgan fingerprint density at radius 1 is 1.38 bits per heavy atom. The van der Waals surface area contributed by atoms with E-state index < -0.39 is 0 Å². The SMILES string of the molecule is CCNc1ncc(CN2CCOCC(CN(C)C)C2)cn1. The van der Waals surface area contributed by atoms with E-state index in [1.165, 1.54) is 0 Å². The summed E-state index contributed by atoms with van der Waals surface area (Å²) >= 11 is 0. The van der Waals surface area contributed by atoms with E-state index in [4.69, 9.17) is 4.74 Å². The molecule has 0 radical (unpaired) electrons. The number of rotatable bonds is 6. The van der Waals surface area contributed by atoms with Crippen LogP contribution >= 0.6 is 0 Å². The number of hydrogen-bond donors (Lipinski definition) is 1. The molecule has 1 aliphatic heterocycles. The van der Waals surface area contributed by atoms with E-state index in [0.717, 1.165) is 51.5 Å². The van der Waals surface area contributed by atoms with Gasteiger partial charge in [-0.1, -0.05) is 0 Å². The molecule has 21 heavy (non-hydrogen) atoms. The van der Waals surface area contributed by atoms with Crippen LogP contribution in [0.5, 0.6) is 0 Å². The number of anilines is 1. The highest BCUT2D eigenvalue weighted by atomic mass is 16.5. The van der Waals surface area contributed by atoms with Crippen LogP contribution in [-0.4, -0.2) is 73.3 Å². The molecule has 1 atom stereocenters. The van der Waals surface area contributed by atoms with Gasteiger partial charge in [0.25, 0.3) is 0 Å². The Hall–Kier alpha value is -1.24. The van der Waals surface area contributed by atoms with Crippen molar-refractivity contribution >= 4 is 5.95 Å². The first-order valence-electron chi connectivity index (χ1n) is 7.67. The summed E-state index contributed by atoms with van der Waals surface area (Å²) in [5.41, 5.74) is 1.15. The molecule has 1 aliphatic rings. The van der Waals surface area contributed by atoms with Crippen molar-refractivity contribution in [1.29, 1.82) is 0 Å². The fourth-order valence-electron chi connectivity index (χ4n) is 2.67. The quantitative estimate of drug-likeness (QED) is 0.842. The van der Waals surface area contributed by atoms with Gasteiger partial charge in [0.05, 0.1) is 13.2 Å². The molecule has 0 saturated carbocycles. The van der Waals surface area contributed by atoms with Crippen molar-refractivity contribution < 1.29 is 4.74 Å². The number of nitrogens with one attached hydrogen (secondary N) is 1. The van der Waals surface area contributed by atoms with Gasteiger partial charge in [0, 0.05) is 56.6 Å². The monoisotopic (exact) mass is 293 g/mol. The maximum Gasteiger partial charge on any atom is 0.222 e. The molecule has 6 nitrogen and oxygen atoms in total. The molecule has 2 rings (SSSR count). The van der Waals surface area contributed by atoms with Crippen LogP contribution in [0.4, 0.5) is 5.95 Å². The summed E-state index contributed by atoms with van der Waals surface area (Å²) in [6.45, 7) is 8.53. The van der Waals surface area contributed by atoms with Crippen LogP contribution in [0.1, 0.15) is 12.5 Å². The summed E-state index contributed by atoms with van der Waals surface area (Å²) in [7, 11) is 4.23. The van der Waals surface area contributed by atoms with E-state index in [9.17, 15) is 0 Å². The van der Waals surface area contributed by atoms with E-state index >= 15 is 0 Å². The molecule has 1 N–H and O–H groups in total. The molecule has 0 aromatic carbocycles. The van der Waals surface area contributed by atoms with Crippen LogP contribution in [0.3, 0.4) is 0 Å². The maximum absolute atomic E-state index is 5.72. The zero-order valence-electron chi connectivity index (χ0n) is 13.4. The standard InChI is InChI=1S/C15H27N5O/c1-4-16-15-17-7-13(8-18-15)10-20-5-6-21-12-14(11-20)9-19(2)3/h7-8,14H,4-6,9-12H2,1-3H3,(H,16,17,18). The highest BCUT2D eigenvalue weighted by Gasteiger charge is 2.19. The molecule has 2 heterocycles. The fourth-order valence-corrected chi connectivity index (χ4v) is 2.67. The van der Waals surface area contributed by atoms with Gasteiger partial charge >= 0.3 is 0 Å². The van der Waals surface area contributed by atoms with Gasteiger partial charge in [-0.25, -0.2) is 9.97 Å². The molecule has 1 aromatic heterocycles. The van der Waals surface area contributed by atoms with Gasteiger partial charge in [-0.05, 0) is 21.0 Å². The topological polar surface area (TPSA) is 53.5 Å². The average Bonchev–Trinajstić information content (AvgIpc) is 2.66. The molecule has 1 saturated heterocycles. The van der Waals surface area contributed by atoms with Crippen molar-refractivity contribution in [2.24, 2.45) is 5.92 Å². The van der Waals surface area contributed by atoms with Crippen molar-refractivity contribution in [2.75, 3.05) is 58.8 Å². The Bertz CT molecular complexity index is 409. The summed E-state index contributed by atoms with van der Waals surface area (Å²) in [6.07, 6.45) is 3.83. The predicted molar refractivity (Wildman–Crippen MR) is 84.3 cm³/mol. The van der Waals surface area contributed by atoms with Crippen molar-refractivity contribution in [2.45, 2.75) is 13.5 Å². The third-order valence-electron chi connectivity index (χ3n) is 3.49. The predicted octanol–water partition coefficient (Wildman–Crippen LogP) is 0.918. The zero-order valence-corrected chi connectivity index (χ0v) is 13.4. The minimum Gasteiger partial charge on any atom is -0.380 e. The molecule has 6 heteroatoms. The fraction of sp³-hybridized carbons (Fsp3) is 0.733. The molecule has 0 amide bonds. The second kappa shape index (κ2) is 8.26. The Kier molecular flexibility index (Phi) is 6.35. The molecule has 0 spiro atoms. The molecule has 118 valence electrons. The highest BCUT2D eigenvalue weighted by Crippen LogP contribution is 2.12. The molecule has 0 aliphatic carbocycles. The third kappa shape index (κ3) is 5.57. The largest absolute Gasteiger partial charge is 0.380 e. The van der Waals surface area contributed by atoms with Gasteiger partial charge in [0.15, 0.2) is 0 Å². The van der Waals surface area contributed by atoms with Crippen LogP contribution < -0.4 is 5.32 Å². The molecule has 1 aromatic rings. The minimum atomic E-state index is 0.560. The second-order valence-electron chi connectivity index (χ2n) is 5.88. The number of aromatic nitrogens is 2. The summed E-state index contributed by atoms with van der Waals surface area (Å²) in [4.78, 5) is 13.3. The normalized spacial score (nSPS) is 20.5.